The number of hydrogen-bond acceptors (Lipinski definition) is 2. The highest BCUT2D eigenvalue weighted by molar-refractivity contribution is 6.30. The minimum atomic E-state index is -0.101. The SMILES string of the molecule is O=C(CNc1cccc(Cl)c1)Nc1cccc2ccccc12. The third kappa shape index (κ3) is 3.38. The summed E-state index contributed by atoms with van der Waals surface area (Å²) in [6.07, 6.45) is 0. The summed E-state index contributed by atoms with van der Waals surface area (Å²) in [4.78, 5) is 12.1. The smallest absolute Gasteiger partial charge is 0.243 e. The van der Waals surface area contributed by atoms with Crippen molar-refractivity contribution in [2.24, 2.45) is 0 Å². The van der Waals surface area contributed by atoms with E-state index in [1.54, 1.807) is 12.1 Å². The molecule has 3 aromatic carbocycles. The van der Waals surface area contributed by atoms with Crippen molar-refractivity contribution in [1.29, 1.82) is 0 Å². The predicted molar refractivity (Wildman–Crippen MR) is 92.5 cm³/mol. The summed E-state index contributed by atoms with van der Waals surface area (Å²) in [6, 6.07) is 21.1. The highest BCUT2D eigenvalue weighted by atomic mass is 35.5. The van der Waals surface area contributed by atoms with Crippen LogP contribution < -0.4 is 10.6 Å². The van der Waals surface area contributed by atoms with Gasteiger partial charge in [-0.3, -0.25) is 4.79 Å². The van der Waals surface area contributed by atoms with Crippen LogP contribution in [0, 0.1) is 0 Å². The van der Waals surface area contributed by atoms with Gasteiger partial charge < -0.3 is 10.6 Å². The van der Waals surface area contributed by atoms with Gasteiger partial charge in [0.15, 0.2) is 0 Å². The van der Waals surface area contributed by atoms with Gasteiger partial charge in [0.2, 0.25) is 5.91 Å². The second-order valence-electron chi connectivity index (χ2n) is 4.94. The standard InChI is InChI=1S/C18H15ClN2O/c19-14-7-4-8-15(11-14)20-12-18(22)21-17-10-3-6-13-5-1-2-9-16(13)17/h1-11,20H,12H2,(H,21,22). The topological polar surface area (TPSA) is 41.1 Å². The minimum Gasteiger partial charge on any atom is -0.376 e. The van der Waals surface area contributed by atoms with E-state index in [1.807, 2.05) is 54.6 Å². The summed E-state index contributed by atoms with van der Waals surface area (Å²) < 4.78 is 0. The lowest BCUT2D eigenvalue weighted by Crippen LogP contribution is -2.21. The Hall–Kier alpha value is -2.52. The predicted octanol–water partition coefficient (Wildman–Crippen LogP) is 4.54. The molecule has 0 aliphatic carbocycles. The van der Waals surface area contributed by atoms with E-state index in [-0.39, 0.29) is 12.5 Å². The molecule has 0 fully saturated rings. The number of carbonyl (C=O) groups is 1. The van der Waals surface area contributed by atoms with Crippen LogP contribution in [0.2, 0.25) is 5.02 Å². The molecule has 0 saturated carbocycles. The molecule has 0 unspecified atom stereocenters. The first-order chi connectivity index (χ1) is 10.7. The molecule has 3 rings (SSSR count). The van der Waals surface area contributed by atoms with Crippen LogP contribution in [0.3, 0.4) is 0 Å². The molecule has 0 heterocycles. The molecule has 22 heavy (non-hydrogen) atoms. The quantitative estimate of drug-likeness (QED) is 0.742. The Morgan fingerprint density at radius 3 is 2.59 bits per heavy atom. The van der Waals surface area contributed by atoms with E-state index in [2.05, 4.69) is 10.6 Å². The molecule has 110 valence electrons. The van der Waals surface area contributed by atoms with E-state index in [9.17, 15) is 4.79 Å². The largest absolute Gasteiger partial charge is 0.376 e. The lowest BCUT2D eigenvalue weighted by Gasteiger charge is -2.10. The average Bonchev–Trinajstić information content (AvgIpc) is 2.53. The van der Waals surface area contributed by atoms with E-state index in [0.29, 0.717) is 5.02 Å². The number of halogens is 1. The van der Waals surface area contributed by atoms with Crippen molar-refractivity contribution in [2.45, 2.75) is 0 Å². The fourth-order valence-electron chi connectivity index (χ4n) is 2.31. The van der Waals surface area contributed by atoms with E-state index in [0.717, 1.165) is 22.1 Å². The molecule has 0 aromatic heterocycles. The van der Waals surface area contributed by atoms with Gasteiger partial charge in [-0.2, -0.15) is 0 Å². The van der Waals surface area contributed by atoms with Gasteiger partial charge in [-0.05, 0) is 29.7 Å². The van der Waals surface area contributed by atoms with Gasteiger partial charge in [-0.15, -0.1) is 0 Å². The number of nitrogens with one attached hydrogen (secondary N) is 2. The zero-order valence-corrected chi connectivity index (χ0v) is 12.6. The van der Waals surface area contributed by atoms with Crippen LogP contribution in [0.4, 0.5) is 11.4 Å². The molecule has 0 atom stereocenters. The Labute approximate surface area is 133 Å². The lowest BCUT2D eigenvalue weighted by molar-refractivity contribution is -0.114. The third-order valence-electron chi connectivity index (χ3n) is 3.34. The number of benzene rings is 3. The number of hydrogen-bond donors (Lipinski definition) is 2. The number of rotatable bonds is 4. The van der Waals surface area contributed by atoms with Gasteiger partial charge in [-0.1, -0.05) is 54.1 Å². The van der Waals surface area contributed by atoms with Gasteiger partial charge >= 0.3 is 0 Å². The zero-order valence-electron chi connectivity index (χ0n) is 11.8. The fourth-order valence-corrected chi connectivity index (χ4v) is 2.50. The zero-order chi connectivity index (χ0) is 15.4. The maximum absolute atomic E-state index is 12.1. The highest BCUT2D eigenvalue weighted by Crippen LogP contribution is 2.22. The summed E-state index contributed by atoms with van der Waals surface area (Å²) in [6.45, 7) is 0.184. The maximum atomic E-state index is 12.1. The van der Waals surface area contributed by atoms with Crippen molar-refractivity contribution in [3.8, 4) is 0 Å². The Balaban J connectivity index is 1.68. The van der Waals surface area contributed by atoms with Gasteiger partial charge in [0, 0.05) is 21.8 Å². The Morgan fingerprint density at radius 1 is 0.955 bits per heavy atom. The van der Waals surface area contributed by atoms with Crippen LogP contribution in [0.25, 0.3) is 10.8 Å². The third-order valence-corrected chi connectivity index (χ3v) is 3.58. The van der Waals surface area contributed by atoms with Crippen LogP contribution in [-0.4, -0.2) is 12.5 Å². The molecule has 2 N–H and O–H groups in total. The first-order valence-electron chi connectivity index (χ1n) is 6.99. The van der Waals surface area contributed by atoms with Crippen molar-refractivity contribution in [3.63, 3.8) is 0 Å². The van der Waals surface area contributed by atoms with Crippen molar-refractivity contribution >= 4 is 39.7 Å². The molecule has 0 aliphatic heterocycles. The van der Waals surface area contributed by atoms with Crippen LogP contribution in [0.5, 0.6) is 0 Å². The summed E-state index contributed by atoms with van der Waals surface area (Å²) in [5.41, 5.74) is 1.64. The van der Waals surface area contributed by atoms with Gasteiger partial charge in [0.25, 0.3) is 0 Å². The van der Waals surface area contributed by atoms with Crippen LogP contribution >= 0.6 is 11.6 Å². The molecular weight excluding hydrogens is 296 g/mol. The highest BCUT2D eigenvalue weighted by Gasteiger charge is 2.05. The van der Waals surface area contributed by atoms with E-state index in [1.165, 1.54) is 0 Å². The molecule has 0 spiro atoms. The van der Waals surface area contributed by atoms with E-state index >= 15 is 0 Å². The molecule has 0 radical (unpaired) electrons. The Kier molecular flexibility index (Phi) is 4.26. The summed E-state index contributed by atoms with van der Waals surface area (Å²) in [7, 11) is 0. The molecule has 3 aromatic rings. The summed E-state index contributed by atoms with van der Waals surface area (Å²) >= 11 is 5.91. The second kappa shape index (κ2) is 6.50. The molecule has 0 saturated heterocycles. The number of carbonyl (C=O) groups excluding carboxylic acids is 1. The molecule has 1 amide bonds. The number of anilines is 2. The van der Waals surface area contributed by atoms with Crippen molar-refractivity contribution in [2.75, 3.05) is 17.2 Å². The van der Waals surface area contributed by atoms with E-state index < -0.39 is 0 Å². The fraction of sp³-hybridized carbons (Fsp3) is 0.0556. The Morgan fingerprint density at radius 2 is 1.73 bits per heavy atom. The maximum Gasteiger partial charge on any atom is 0.243 e. The van der Waals surface area contributed by atoms with Crippen molar-refractivity contribution < 1.29 is 4.79 Å². The van der Waals surface area contributed by atoms with Gasteiger partial charge in [0.1, 0.15) is 0 Å². The van der Waals surface area contributed by atoms with Crippen LogP contribution in [-0.2, 0) is 4.79 Å². The first kappa shape index (κ1) is 14.4. The van der Waals surface area contributed by atoms with Crippen molar-refractivity contribution in [3.05, 3.63) is 71.8 Å². The average molecular weight is 311 g/mol. The summed E-state index contributed by atoms with van der Waals surface area (Å²) in [5.74, 6) is -0.101. The van der Waals surface area contributed by atoms with Gasteiger partial charge in [-0.25, -0.2) is 0 Å². The second-order valence-corrected chi connectivity index (χ2v) is 5.38. The van der Waals surface area contributed by atoms with Gasteiger partial charge in [0.05, 0.1) is 6.54 Å². The van der Waals surface area contributed by atoms with Crippen LogP contribution in [0.1, 0.15) is 0 Å². The van der Waals surface area contributed by atoms with Crippen molar-refractivity contribution in [1.82, 2.24) is 0 Å². The number of fused-ring (bicyclic) bond motifs is 1. The lowest BCUT2D eigenvalue weighted by atomic mass is 10.1. The Bertz CT molecular complexity index is 812. The molecule has 0 bridgehead atoms. The van der Waals surface area contributed by atoms with E-state index in [4.69, 9.17) is 11.6 Å². The normalized spacial score (nSPS) is 10.4. The first-order valence-corrected chi connectivity index (χ1v) is 7.37. The molecule has 0 aliphatic rings. The monoisotopic (exact) mass is 310 g/mol. The molecule has 3 nitrogen and oxygen atoms in total. The number of amides is 1. The summed E-state index contributed by atoms with van der Waals surface area (Å²) in [5, 5.41) is 8.76. The molecular formula is C18H15ClN2O. The molecule has 4 heteroatoms. The van der Waals surface area contributed by atoms with Crippen LogP contribution in [0.15, 0.2) is 66.7 Å². The minimum absolute atomic E-state index is 0.101.